The van der Waals surface area contributed by atoms with Gasteiger partial charge in [-0.2, -0.15) is 0 Å². The van der Waals surface area contributed by atoms with E-state index in [-0.39, 0.29) is 19.1 Å². The van der Waals surface area contributed by atoms with E-state index in [4.69, 9.17) is 9.05 Å². The van der Waals surface area contributed by atoms with Crippen molar-refractivity contribution in [3.63, 3.8) is 0 Å². The number of rotatable bonds is 58. The fourth-order valence-electron chi connectivity index (χ4n) is 8.80. The number of aliphatic hydroxyl groups excluding tert-OH is 1. The van der Waals surface area contributed by atoms with Gasteiger partial charge < -0.3 is 19.8 Å². The molecule has 8 nitrogen and oxygen atoms in total. The molecule has 80 heavy (non-hydrogen) atoms. The number of unbranched alkanes of at least 4 members (excludes halogenated alkanes) is 25. The number of quaternary nitrogens is 1. The number of hydrogen-bond acceptors (Lipinski definition) is 5. The van der Waals surface area contributed by atoms with Crippen molar-refractivity contribution >= 4 is 13.7 Å². The Morgan fingerprint density at radius 3 is 1.15 bits per heavy atom. The Balaban J connectivity index is 4.22. The molecule has 3 unspecified atom stereocenters. The third-order valence-electron chi connectivity index (χ3n) is 13.8. The van der Waals surface area contributed by atoms with Crippen LogP contribution in [0, 0.1) is 0 Å². The molecule has 0 radical (unpaired) electrons. The first-order chi connectivity index (χ1) is 39.0. The van der Waals surface area contributed by atoms with Crippen molar-refractivity contribution in [1.82, 2.24) is 5.32 Å². The highest BCUT2D eigenvalue weighted by molar-refractivity contribution is 7.47. The Morgan fingerprint density at radius 2 is 0.762 bits per heavy atom. The van der Waals surface area contributed by atoms with Gasteiger partial charge in [-0.05, 0) is 109 Å². The van der Waals surface area contributed by atoms with Crippen molar-refractivity contribution in [1.29, 1.82) is 0 Å². The van der Waals surface area contributed by atoms with Crippen LogP contribution in [-0.2, 0) is 18.4 Å². The van der Waals surface area contributed by atoms with Gasteiger partial charge in [0.2, 0.25) is 5.91 Å². The quantitative estimate of drug-likeness (QED) is 0.0243. The van der Waals surface area contributed by atoms with Gasteiger partial charge in [-0.3, -0.25) is 13.8 Å². The van der Waals surface area contributed by atoms with E-state index in [2.05, 4.69) is 141 Å². The Labute approximate surface area is 494 Å². The summed E-state index contributed by atoms with van der Waals surface area (Å²) in [5.41, 5.74) is 0. The van der Waals surface area contributed by atoms with Crippen LogP contribution in [-0.4, -0.2) is 73.4 Å². The molecule has 0 aliphatic carbocycles. The first-order valence-electron chi connectivity index (χ1n) is 32.6. The molecule has 0 saturated carbocycles. The van der Waals surface area contributed by atoms with E-state index < -0.39 is 20.0 Å². The van der Waals surface area contributed by atoms with Gasteiger partial charge >= 0.3 is 7.82 Å². The predicted molar refractivity (Wildman–Crippen MR) is 350 cm³/mol. The third-order valence-corrected chi connectivity index (χ3v) is 14.8. The highest BCUT2D eigenvalue weighted by Crippen LogP contribution is 2.43. The van der Waals surface area contributed by atoms with Gasteiger partial charge in [0.05, 0.1) is 39.9 Å². The average Bonchev–Trinajstić information content (AvgIpc) is 3.42. The molecule has 3 N–H and O–H groups in total. The standard InChI is InChI=1S/C71H123N2O6P/c1-6-8-10-12-14-16-18-20-22-24-26-28-30-31-32-33-34-35-36-37-38-39-40-41-43-45-47-49-51-53-55-57-59-61-63-65-71(75)72-69(68-79-80(76,77)78-67-66-73(3,4)5)70(74)64-62-60-58-56-54-52-50-48-46-44-42-29-27-25-23-21-19-17-15-13-11-9-7-2/h8,10,14,16,20,22,26,28,31-32,34-35,37-38,40-41,46,48,54,56,62,64,69-70,74H,6-7,9,11-13,15,17-19,21,23-25,27,29-30,33,36,39,42-45,47,49-53,55,57-61,63,65-68H2,1-5H3,(H-,72,75,76,77)/p+1/b10-8-,16-14-,22-20-,28-26-,32-31-,35-34-,38-37-,41-40-,48-46+,56-54+,64-62+. The fraction of sp³-hybridized carbons (Fsp3) is 0.676. The summed E-state index contributed by atoms with van der Waals surface area (Å²) >= 11 is 0. The van der Waals surface area contributed by atoms with Gasteiger partial charge in [-0.1, -0.05) is 276 Å². The third kappa shape index (κ3) is 62.2. The Morgan fingerprint density at radius 1 is 0.438 bits per heavy atom. The summed E-state index contributed by atoms with van der Waals surface area (Å²) < 4.78 is 23.7. The van der Waals surface area contributed by atoms with Crippen LogP contribution in [0.15, 0.2) is 134 Å². The molecule has 3 atom stereocenters. The topological polar surface area (TPSA) is 105 Å². The summed E-state index contributed by atoms with van der Waals surface area (Å²) in [7, 11) is 1.53. The van der Waals surface area contributed by atoms with E-state index in [1.54, 1.807) is 6.08 Å². The first-order valence-corrected chi connectivity index (χ1v) is 34.1. The molecule has 9 heteroatoms. The zero-order valence-electron chi connectivity index (χ0n) is 52.3. The van der Waals surface area contributed by atoms with Crippen LogP contribution >= 0.6 is 7.82 Å². The number of amides is 1. The number of allylic oxidation sites excluding steroid dienone is 21. The largest absolute Gasteiger partial charge is 0.472 e. The van der Waals surface area contributed by atoms with Crippen molar-refractivity contribution in [3.05, 3.63) is 134 Å². The molecule has 1 amide bonds. The maximum Gasteiger partial charge on any atom is 0.472 e. The number of hydrogen-bond donors (Lipinski definition) is 3. The van der Waals surface area contributed by atoms with Crippen molar-refractivity contribution in [2.75, 3.05) is 40.9 Å². The number of likely N-dealkylation sites (N-methyl/N-ethyl adjacent to an activating group) is 1. The van der Waals surface area contributed by atoms with Gasteiger partial charge in [0.15, 0.2) is 0 Å². The molecular formula is C71H124N2O6P+. The lowest BCUT2D eigenvalue weighted by Gasteiger charge is -2.25. The van der Waals surface area contributed by atoms with Crippen LogP contribution in [0.5, 0.6) is 0 Å². The predicted octanol–water partition coefficient (Wildman–Crippen LogP) is 20.7. The van der Waals surface area contributed by atoms with Crippen molar-refractivity contribution in [3.8, 4) is 0 Å². The van der Waals surface area contributed by atoms with Crippen LogP contribution in [0.3, 0.4) is 0 Å². The molecular weight excluding hydrogens is 1010 g/mol. The molecule has 0 heterocycles. The summed E-state index contributed by atoms with van der Waals surface area (Å²) in [6.07, 6.45) is 91.5. The van der Waals surface area contributed by atoms with Crippen molar-refractivity contribution in [2.45, 2.75) is 270 Å². The zero-order valence-corrected chi connectivity index (χ0v) is 53.2. The second-order valence-electron chi connectivity index (χ2n) is 22.7. The maximum atomic E-state index is 13.0. The Kier molecular flexibility index (Phi) is 57.7. The normalized spacial score (nSPS) is 14.6. The van der Waals surface area contributed by atoms with E-state index in [1.165, 1.54) is 135 Å². The molecule has 458 valence electrons. The van der Waals surface area contributed by atoms with E-state index >= 15 is 0 Å². The van der Waals surface area contributed by atoms with Crippen LogP contribution < -0.4 is 5.32 Å². The molecule has 0 aromatic rings. The second kappa shape index (κ2) is 60.2. The summed E-state index contributed by atoms with van der Waals surface area (Å²) in [5.74, 6) is -0.200. The smallest absolute Gasteiger partial charge is 0.387 e. The number of phosphoric acid groups is 1. The lowest BCUT2D eigenvalue weighted by molar-refractivity contribution is -0.870. The van der Waals surface area contributed by atoms with Gasteiger partial charge in [0, 0.05) is 6.42 Å². The zero-order chi connectivity index (χ0) is 58.4. The fourth-order valence-corrected chi connectivity index (χ4v) is 9.53. The molecule has 0 aromatic heterocycles. The van der Waals surface area contributed by atoms with Crippen molar-refractivity contribution < 1.29 is 32.9 Å². The number of carbonyl (C=O) groups is 1. The second-order valence-corrected chi connectivity index (χ2v) is 24.2. The molecule has 0 bridgehead atoms. The van der Waals surface area contributed by atoms with Crippen LogP contribution in [0.1, 0.15) is 258 Å². The molecule has 0 rings (SSSR count). The molecule has 0 aromatic carbocycles. The summed E-state index contributed by atoms with van der Waals surface area (Å²) in [5, 5.41) is 13.9. The van der Waals surface area contributed by atoms with E-state index in [1.807, 2.05) is 27.2 Å². The SMILES string of the molecule is CC/C=C\C/C=C\C/C=C\C/C=C\C/C=C\C/C=C\C/C=C\C/C=C\CCCCCCCCCCCCC(=O)NC(COP(=O)(O)OCC[N+](C)(C)C)C(O)/C=C/CC/C=C/CC/C=C/CCCCCCCCCCCCCCC. The van der Waals surface area contributed by atoms with Gasteiger partial charge in [0.1, 0.15) is 13.2 Å². The lowest BCUT2D eigenvalue weighted by Crippen LogP contribution is -2.45. The number of nitrogens with one attached hydrogen (secondary N) is 1. The maximum absolute atomic E-state index is 13.0. The minimum atomic E-state index is -4.37. The molecule has 0 saturated heterocycles. The highest BCUT2D eigenvalue weighted by atomic mass is 31.2. The van der Waals surface area contributed by atoms with Crippen molar-refractivity contribution in [2.24, 2.45) is 0 Å². The molecule has 0 fully saturated rings. The number of nitrogens with zero attached hydrogens (tertiary/aromatic N) is 1. The van der Waals surface area contributed by atoms with Crippen LogP contribution in [0.4, 0.5) is 0 Å². The minimum Gasteiger partial charge on any atom is -0.387 e. The van der Waals surface area contributed by atoms with Gasteiger partial charge in [-0.15, -0.1) is 0 Å². The number of carbonyl (C=O) groups excluding carboxylic acids is 1. The summed E-state index contributed by atoms with van der Waals surface area (Å²) in [6.45, 7) is 4.67. The molecule has 0 aliphatic heterocycles. The Bertz CT molecular complexity index is 1760. The summed E-state index contributed by atoms with van der Waals surface area (Å²) in [4.78, 5) is 23.4. The van der Waals surface area contributed by atoms with Gasteiger partial charge in [-0.25, -0.2) is 4.57 Å². The number of aliphatic hydroxyl groups is 1. The van der Waals surface area contributed by atoms with E-state index in [0.717, 1.165) is 103 Å². The lowest BCUT2D eigenvalue weighted by atomic mass is 10.0. The van der Waals surface area contributed by atoms with E-state index in [0.29, 0.717) is 17.4 Å². The highest BCUT2D eigenvalue weighted by Gasteiger charge is 2.27. The molecule has 0 aliphatic rings. The average molecular weight is 1130 g/mol. The van der Waals surface area contributed by atoms with Crippen LogP contribution in [0.2, 0.25) is 0 Å². The minimum absolute atomic E-state index is 0.0463. The van der Waals surface area contributed by atoms with Gasteiger partial charge in [0.25, 0.3) is 0 Å². The Hall–Kier alpha value is -3.36. The van der Waals surface area contributed by atoms with Crippen LogP contribution in [0.25, 0.3) is 0 Å². The van der Waals surface area contributed by atoms with E-state index in [9.17, 15) is 19.4 Å². The first kappa shape index (κ1) is 76.6. The molecule has 0 spiro atoms. The summed E-state index contributed by atoms with van der Waals surface area (Å²) in [6, 6.07) is -0.883. The monoisotopic (exact) mass is 1130 g/mol. The number of phosphoric ester groups is 1.